The lowest BCUT2D eigenvalue weighted by atomic mass is 10.2. The van der Waals surface area contributed by atoms with Crippen LogP contribution in [0, 0.1) is 11.3 Å². The van der Waals surface area contributed by atoms with Crippen molar-refractivity contribution < 1.29 is 4.42 Å². The SMILES string of the molecule is N#CC(=Cc1ccc(-c2cc(Cl)ccc2Cl)o1)c1nc2ccccc2[nH]1. The van der Waals surface area contributed by atoms with E-state index in [9.17, 15) is 5.26 Å². The normalized spacial score (nSPS) is 11.7. The van der Waals surface area contributed by atoms with Crippen LogP contribution >= 0.6 is 23.2 Å². The Balaban J connectivity index is 1.72. The zero-order valence-corrected chi connectivity index (χ0v) is 14.8. The molecule has 6 heteroatoms. The lowest BCUT2D eigenvalue weighted by molar-refractivity contribution is 0.572. The van der Waals surface area contributed by atoms with E-state index >= 15 is 0 Å². The van der Waals surface area contributed by atoms with Crippen molar-refractivity contribution >= 4 is 45.9 Å². The smallest absolute Gasteiger partial charge is 0.149 e. The van der Waals surface area contributed by atoms with E-state index in [2.05, 4.69) is 16.0 Å². The average molecular weight is 380 g/mol. The Hall–Kier alpha value is -3.00. The van der Waals surface area contributed by atoms with Crippen molar-refractivity contribution in [2.45, 2.75) is 0 Å². The van der Waals surface area contributed by atoms with Crippen LogP contribution in [0.25, 0.3) is 34.0 Å². The van der Waals surface area contributed by atoms with E-state index in [1.807, 2.05) is 24.3 Å². The van der Waals surface area contributed by atoms with Crippen molar-refractivity contribution in [2.75, 3.05) is 0 Å². The molecule has 0 radical (unpaired) electrons. The minimum atomic E-state index is 0.374. The Morgan fingerprint density at radius 2 is 1.96 bits per heavy atom. The number of para-hydroxylation sites is 2. The number of H-pyrrole nitrogens is 1. The van der Waals surface area contributed by atoms with Gasteiger partial charge in [-0.15, -0.1) is 0 Å². The van der Waals surface area contributed by atoms with Crippen LogP contribution in [0.5, 0.6) is 0 Å². The molecule has 2 aromatic carbocycles. The van der Waals surface area contributed by atoms with E-state index in [0.717, 1.165) is 11.0 Å². The van der Waals surface area contributed by atoms with E-state index in [1.165, 1.54) is 0 Å². The zero-order valence-electron chi connectivity index (χ0n) is 13.3. The van der Waals surface area contributed by atoms with Gasteiger partial charge in [-0.1, -0.05) is 35.3 Å². The number of hydrogen-bond acceptors (Lipinski definition) is 3. The van der Waals surface area contributed by atoms with Crippen LogP contribution in [0.3, 0.4) is 0 Å². The lowest BCUT2D eigenvalue weighted by Gasteiger charge is -2.01. The number of rotatable bonds is 3. The Bertz CT molecular complexity index is 1150. The third-order valence-electron chi connectivity index (χ3n) is 3.87. The first-order valence-corrected chi connectivity index (χ1v) is 8.52. The fourth-order valence-corrected chi connectivity index (χ4v) is 3.02. The molecule has 0 amide bonds. The molecule has 0 saturated carbocycles. The number of aromatic amines is 1. The van der Waals surface area contributed by atoms with Gasteiger partial charge in [-0.2, -0.15) is 5.26 Å². The predicted molar refractivity (Wildman–Crippen MR) is 104 cm³/mol. The van der Waals surface area contributed by atoms with Gasteiger partial charge in [0.05, 0.1) is 21.6 Å². The summed E-state index contributed by atoms with van der Waals surface area (Å²) >= 11 is 12.2. The number of furan rings is 1. The van der Waals surface area contributed by atoms with Crippen molar-refractivity contribution in [3.63, 3.8) is 0 Å². The first-order valence-electron chi connectivity index (χ1n) is 7.76. The number of fused-ring (bicyclic) bond motifs is 1. The fraction of sp³-hybridized carbons (Fsp3) is 0. The summed E-state index contributed by atoms with van der Waals surface area (Å²) in [6, 6.07) is 18.5. The quantitative estimate of drug-likeness (QED) is 0.431. The average Bonchev–Trinajstić information content (AvgIpc) is 3.28. The van der Waals surface area contributed by atoms with E-state index in [1.54, 1.807) is 36.4 Å². The second-order valence-electron chi connectivity index (χ2n) is 5.60. The maximum absolute atomic E-state index is 9.51. The van der Waals surface area contributed by atoms with Crippen LogP contribution in [0.15, 0.2) is 59.0 Å². The van der Waals surface area contributed by atoms with Crippen molar-refractivity contribution in [1.82, 2.24) is 9.97 Å². The molecule has 126 valence electrons. The number of nitriles is 1. The third-order valence-corrected chi connectivity index (χ3v) is 4.44. The molecule has 0 saturated heterocycles. The van der Waals surface area contributed by atoms with E-state index < -0.39 is 0 Å². The molecular weight excluding hydrogens is 369 g/mol. The fourth-order valence-electron chi connectivity index (χ4n) is 2.64. The number of aromatic nitrogens is 2. The molecule has 0 aliphatic rings. The molecular formula is C20H11Cl2N3O. The maximum Gasteiger partial charge on any atom is 0.149 e. The summed E-state index contributed by atoms with van der Waals surface area (Å²) in [5, 5.41) is 10.6. The van der Waals surface area contributed by atoms with Gasteiger partial charge in [0.25, 0.3) is 0 Å². The maximum atomic E-state index is 9.51. The van der Waals surface area contributed by atoms with Crippen LogP contribution in [0.1, 0.15) is 11.6 Å². The highest BCUT2D eigenvalue weighted by Gasteiger charge is 2.11. The lowest BCUT2D eigenvalue weighted by Crippen LogP contribution is -1.84. The van der Waals surface area contributed by atoms with Crippen LogP contribution in [0.2, 0.25) is 10.0 Å². The number of benzene rings is 2. The summed E-state index contributed by atoms with van der Waals surface area (Å²) in [4.78, 5) is 7.58. The Kier molecular flexibility index (Phi) is 4.26. The van der Waals surface area contributed by atoms with Crippen molar-refractivity contribution in [2.24, 2.45) is 0 Å². The largest absolute Gasteiger partial charge is 0.457 e. The molecule has 4 aromatic rings. The van der Waals surface area contributed by atoms with Crippen LogP contribution in [-0.4, -0.2) is 9.97 Å². The number of nitrogens with one attached hydrogen (secondary N) is 1. The predicted octanol–water partition coefficient (Wildman–Crippen LogP) is 6.19. The van der Waals surface area contributed by atoms with Gasteiger partial charge < -0.3 is 9.40 Å². The molecule has 0 aliphatic carbocycles. The van der Waals surface area contributed by atoms with E-state index in [0.29, 0.717) is 38.5 Å². The van der Waals surface area contributed by atoms with Gasteiger partial charge in [0.15, 0.2) is 0 Å². The summed E-state index contributed by atoms with van der Waals surface area (Å²) in [6.45, 7) is 0. The molecule has 0 atom stereocenters. The molecule has 2 aromatic heterocycles. The molecule has 0 unspecified atom stereocenters. The highest BCUT2D eigenvalue weighted by atomic mass is 35.5. The summed E-state index contributed by atoms with van der Waals surface area (Å²) in [5.74, 6) is 1.59. The van der Waals surface area contributed by atoms with Crippen molar-refractivity contribution in [3.8, 4) is 17.4 Å². The van der Waals surface area contributed by atoms with E-state index in [4.69, 9.17) is 27.6 Å². The molecule has 0 spiro atoms. The second-order valence-corrected chi connectivity index (χ2v) is 6.44. The molecule has 0 fully saturated rings. The Morgan fingerprint density at radius 3 is 2.77 bits per heavy atom. The molecule has 4 nitrogen and oxygen atoms in total. The Labute approximate surface area is 159 Å². The van der Waals surface area contributed by atoms with Gasteiger partial charge in [0.1, 0.15) is 23.4 Å². The van der Waals surface area contributed by atoms with Gasteiger partial charge in [0.2, 0.25) is 0 Å². The van der Waals surface area contributed by atoms with E-state index in [-0.39, 0.29) is 0 Å². The summed E-state index contributed by atoms with van der Waals surface area (Å²) in [5.41, 5.74) is 2.74. The highest BCUT2D eigenvalue weighted by Crippen LogP contribution is 2.32. The molecule has 0 bridgehead atoms. The topological polar surface area (TPSA) is 65.6 Å². The summed E-state index contributed by atoms with van der Waals surface area (Å²) in [7, 11) is 0. The number of imidazole rings is 1. The highest BCUT2D eigenvalue weighted by molar-refractivity contribution is 6.35. The van der Waals surface area contributed by atoms with Gasteiger partial charge in [-0.05, 0) is 42.5 Å². The van der Waals surface area contributed by atoms with Crippen molar-refractivity contribution in [3.05, 3.63) is 76.2 Å². The molecule has 2 heterocycles. The number of halogens is 2. The van der Waals surface area contributed by atoms with Crippen molar-refractivity contribution in [1.29, 1.82) is 5.26 Å². The standard InChI is InChI=1S/C20H11Cl2N3O/c21-13-5-7-16(22)15(10-13)19-8-6-14(26-19)9-12(11-23)20-24-17-3-1-2-4-18(17)25-20/h1-10H,(H,24,25). The van der Waals surface area contributed by atoms with Crippen LogP contribution in [-0.2, 0) is 0 Å². The molecule has 1 N–H and O–H groups in total. The Morgan fingerprint density at radius 1 is 1.12 bits per heavy atom. The number of nitrogens with zero attached hydrogens (tertiary/aromatic N) is 2. The third kappa shape index (κ3) is 3.11. The molecule has 0 aliphatic heterocycles. The number of hydrogen-bond donors (Lipinski definition) is 1. The van der Waals surface area contributed by atoms with Gasteiger partial charge in [-0.3, -0.25) is 0 Å². The van der Waals surface area contributed by atoms with Gasteiger partial charge in [0, 0.05) is 16.7 Å². The molecule has 26 heavy (non-hydrogen) atoms. The zero-order chi connectivity index (χ0) is 18.1. The molecule has 4 rings (SSSR count). The minimum absolute atomic E-state index is 0.374. The monoisotopic (exact) mass is 379 g/mol. The first-order chi connectivity index (χ1) is 12.6. The first kappa shape index (κ1) is 16.5. The summed E-state index contributed by atoms with van der Waals surface area (Å²) < 4.78 is 5.82. The van der Waals surface area contributed by atoms with Gasteiger partial charge >= 0.3 is 0 Å². The van der Waals surface area contributed by atoms with Crippen LogP contribution in [0.4, 0.5) is 0 Å². The van der Waals surface area contributed by atoms with Crippen LogP contribution < -0.4 is 0 Å². The van der Waals surface area contributed by atoms with Gasteiger partial charge in [-0.25, -0.2) is 4.98 Å². The second kappa shape index (κ2) is 6.72. The minimum Gasteiger partial charge on any atom is -0.457 e. The summed E-state index contributed by atoms with van der Waals surface area (Å²) in [6.07, 6.45) is 1.64. The number of allylic oxidation sites excluding steroid dienone is 1.